The molecule has 36 heavy (non-hydrogen) atoms. The van der Waals surface area contributed by atoms with Gasteiger partial charge < -0.3 is 19.1 Å². The van der Waals surface area contributed by atoms with Gasteiger partial charge in [-0.05, 0) is 45.9 Å². The van der Waals surface area contributed by atoms with Gasteiger partial charge in [0.05, 0.1) is 19.1 Å². The highest BCUT2D eigenvalue weighted by molar-refractivity contribution is 7.52. The second kappa shape index (κ2) is 11.2. The molecule has 0 saturated carbocycles. The standard InChI is InChI=1S/C23H30FN2O9P/c1-14(2)33-21(30)15(3)25-36(31,35-17-8-6-5-7-9-17)32-13-18-20(29)23(4,24)22(34-18)26-11-10-16(27)12-19(26)28/h5-11,14-15,18,20,22,29H,12-13H2,1-4H3,(H,25,31)/t15-,18+,20+,22+,23+,36-/m0/s1. The van der Waals surface area contributed by atoms with Gasteiger partial charge in [0.15, 0.2) is 17.7 Å². The van der Waals surface area contributed by atoms with Crippen molar-refractivity contribution in [3.63, 3.8) is 0 Å². The molecule has 0 spiro atoms. The van der Waals surface area contributed by atoms with Crippen LogP contribution in [-0.2, 0) is 32.9 Å². The number of allylic oxidation sites excluding steroid dienone is 1. The summed E-state index contributed by atoms with van der Waals surface area (Å²) in [6.45, 7) is 5.14. The first-order valence-corrected chi connectivity index (χ1v) is 12.9. The number of halogens is 1. The van der Waals surface area contributed by atoms with Gasteiger partial charge in [-0.2, -0.15) is 5.09 Å². The summed E-state index contributed by atoms with van der Waals surface area (Å²) in [4.78, 5) is 36.9. The highest BCUT2D eigenvalue weighted by atomic mass is 31.2. The third-order valence-electron chi connectivity index (χ3n) is 5.44. The van der Waals surface area contributed by atoms with E-state index in [2.05, 4.69) is 5.09 Å². The zero-order valence-electron chi connectivity index (χ0n) is 20.3. The lowest BCUT2D eigenvalue weighted by molar-refractivity contribution is -0.150. The molecule has 1 aromatic rings. The van der Waals surface area contributed by atoms with Gasteiger partial charge in [-0.3, -0.25) is 23.8 Å². The molecule has 0 aliphatic carbocycles. The van der Waals surface area contributed by atoms with Crippen LogP contribution < -0.4 is 9.61 Å². The molecule has 1 aromatic carbocycles. The number of ketones is 1. The van der Waals surface area contributed by atoms with Crippen LogP contribution in [0, 0.1) is 0 Å². The zero-order chi connectivity index (χ0) is 26.7. The molecule has 0 bridgehead atoms. The maximum atomic E-state index is 15.5. The molecule has 0 aromatic heterocycles. The summed E-state index contributed by atoms with van der Waals surface area (Å²) >= 11 is 0. The molecule has 198 valence electrons. The molecule has 2 aliphatic rings. The van der Waals surface area contributed by atoms with Gasteiger partial charge in [0.1, 0.15) is 24.0 Å². The molecule has 6 atom stereocenters. The molecule has 1 amide bonds. The molecular weight excluding hydrogens is 498 g/mol. The summed E-state index contributed by atoms with van der Waals surface area (Å²) in [6, 6.07) is 6.90. The first-order valence-electron chi connectivity index (χ1n) is 11.3. The van der Waals surface area contributed by atoms with Gasteiger partial charge in [0, 0.05) is 6.20 Å². The number of carbonyl (C=O) groups excluding carboxylic acids is 3. The SMILES string of the molecule is CC(C)OC(=O)[C@H](C)N[P@](=O)(OC[C@H]1O[C@@H](N2C=CC(=O)CC2=O)[C@](C)(F)[C@@H]1O)Oc1ccccc1. The second-order valence-corrected chi connectivity index (χ2v) is 10.6. The molecule has 2 aliphatic heterocycles. The summed E-state index contributed by atoms with van der Waals surface area (Å²) in [5, 5.41) is 13.1. The number of amides is 1. The van der Waals surface area contributed by atoms with E-state index in [1.807, 2.05) is 0 Å². The second-order valence-electron chi connectivity index (χ2n) is 8.92. The fourth-order valence-corrected chi connectivity index (χ4v) is 5.11. The summed E-state index contributed by atoms with van der Waals surface area (Å²) in [7, 11) is -4.29. The fourth-order valence-electron chi connectivity index (χ4n) is 3.61. The number of ether oxygens (including phenoxy) is 2. The maximum absolute atomic E-state index is 15.5. The van der Waals surface area contributed by atoms with Crippen molar-refractivity contribution in [2.45, 2.75) is 70.4 Å². The third kappa shape index (κ3) is 6.57. The minimum atomic E-state index is -4.29. The van der Waals surface area contributed by atoms with Crippen LogP contribution in [0.1, 0.15) is 34.1 Å². The number of carbonyl (C=O) groups is 3. The van der Waals surface area contributed by atoms with Crippen LogP contribution in [-0.4, -0.2) is 70.5 Å². The van der Waals surface area contributed by atoms with E-state index in [1.165, 1.54) is 19.1 Å². The Morgan fingerprint density at radius 2 is 1.97 bits per heavy atom. The van der Waals surface area contributed by atoms with Crippen LogP contribution in [0.15, 0.2) is 42.6 Å². The van der Waals surface area contributed by atoms with Gasteiger partial charge >= 0.3 is 13.7 Å². The van der Waals surface area contributed by atoms with Crippen LogP contribution in [0.5, 0.6) is 5.75 Å². The molecule has 2 heterocycles. The van der Waals surface area contributed by atoms with E-state index in [0.29, 0.717) is 0 Å². The zero-order valence-corrected chi connectivity index (χ0v) is 21.2. The van der Waals surface area contributed by atoms with E-state index in [4.69, 9.17) is 18.5 Å². The number of aliphatic hydroxyl groups excluding tert-OH is 1. The van der Waals surface area contributed by atoms with E-state index in [9.17, 15) is 24.1 Å². The van der Waals surface area contributed by atoms with E-state index in [1.54, 1.807) is 32.0 Å². The number of hydrogen-bond acceptors (Lipinski definition) is 9. The Balaban J connectivity index is 1.76. The number of alkyl halides is 1. The van der Waals surface area contributed by atoms with Gasteiger partial charge in [-0.15, -0.1) is 0 Å². The molecule has 0 unspecified atom stereocenters. The van der Waals surface area contributed by atoms with Gasteiger partial charge in [0.2, 0.25) is 5.91 Å². The first-order chi connectivity index (χ1) is 16.8. The minimum absolute atomic E-state index is 0.160. The Bertz CT molecular complexity index is 1050. The number of nitrogens with one attached hydrogen (secondary N) is 1. The number of hydrogen-bond donors (Lipinski definition) is 2. The lowest BCUT2D eigenvalue weighted by Gasteiger charge is -2.32. The normalized spacial score (nSPS) is 28.8. The molecule has 0 radical (unpaired) electrons. The van der Waals surface area contributed by atoms with Crippen LogP contribution in [0.3, 0.4) is 0 Å². The van der Waals surface area contributed by atoms with Crippen molar-refractivity contribution < 1.29 is 47.0 Å². The minimum Gasteiger partial charge on any atom is -0.462 e. The number of benzene rings is 1. The Hall–Kier alpha value is -2.63. The summed E-state index contributed by atoms with van der Waals surface area (Å²) in [6.07, 6.45) is -3.37. The van der Waals surface area contributed by atoms with E-state index < -0.39 is 74.7 Å². The Morgan fingerprint density at radius 3 is 2.58 bits per heavy atom. The molecule has 3 rings (SSSR count). The van der Waals surface area contributed by atoms with Crippen molar-refractivity contribution >= 4 is 25.4 Å². The third-order valence-corrected chi connectivity index (χ3v) is 7.08. The number of para-hydroxylation sites is 1. The van der Waals surface area contributed by atoms with Crippen molar-refractivity contribution in [3.8, 4) is 5.75 Å². The van der Waals surface area contributed by atoms with E-state index in [0.717, 1.165) is 24.1 Å². The molecule has 11 nitrogen and oxygen atoms in total. The van der Waals surface area contributed by atoms with Crippen molar-refractivity contribution in [1.82, 2.24) is 9.99 Å². The predicted octanol–water partition coefficient (Wildman–Crippen LogP) is 2.25. The highest BCUT2D eigenvalue weighted by Crippen LogP contribution is 2.46. The number of nitrogens with zero attached hydrogens (tertiary/aromatic N) is 1. The monoisotopic (exact) mass is 528 g/mol. The largest absolute Gasteiger partial charge is 0.462 e. The molecule has 1 fully saturated rings. The Morgan fingerprint density at radius 1 is 1.31 bits per heavy atom. The van der Waals surface area contributed by atoms with Gasteiger partial charge in [0.25, 0.3) is 0 Å². The number of aliphatic hydroxyl groups is 1. The fraction of sp³-hybridized carbons (Fsp3) is 0.522. The summed E-state index contributed by atoms with van der Waals surface area (Å²) < 4.78 is 50.7. The van der Waals surface area contributed by atoms with Gasteiger partial charge in [-0.1, -0.05) is 18.2 Å². The molecule has 13 heteroatoms. The summed E-state index contributed by atoms with van der Waals surface area (Å²) in [5.41, 5.74) is -2.44. The van der Waals surface area contributed by atoms with Crippen molar-refractivity contribution in [3.05, 3.63) is 42.6 Å². The van der Waals surface area contributed by atoms with Crippen molar-refractivity contribution in [2.24, 2.45) is 0 Å². The Kier molecular flexibility index (Phi) is 8.68. The smallest absolute Gasteiger partial charge is 0.459 e. The Labute approximate surface area is 208 Å². The van der Waals surface area contributed by atoms with Crippen molar-refractivity contribution in [1.29, 1.82) is 0 Å². The molecular formula is C23H30FN2O9P. The first kappa shape index (κ1) is 27.9. The van der Waals surface area contributed by atoms with Crippen LogP contribution in [0.2, 0.25) is 0 Å². The topological polar surface area (TPSA) is 141 Å². The highest BCUT2D eigenvalue weighted by Gasteiger charge is 2.57. The quantitative estimate of drug-likeness (QED) is 0.264. The number of rotatable bonds is 10. The van der Waals surface area contributed by atoms with Crippen molar-refractivity contribution in [2.75, 3.05) is 6.61 Å². The van der Waals surface area contributed by atoms with Gasteiger partial charge in [-0.25, -0.2) is 8.96 Å². The molecule has 2 N–H and O–H groups in total. The van der Waals surface area contributed by atoms with Crippen LogP contribution in [0.25, 0.3) is 0 Å². The number of esters is 1. The van der Waals surface area contributed by atoms with Crippen LogP contribution in [0.4, 0.5) is 4.39 Å². The maximum Gasteiger partial charge on any atom is 0.459 e. The molecule has 1 saturated heterocycles. The lowest BCUT2D eigenvalue weighted by Crippen LogP contribution is -2.51. The average Bonchev–Trinajstić information content (AvgIpc) is 3.01. The van der Waals surface area contributed by atoms with E-state index >= 15 is 4.39 Å². The predicted molar refractivity (Wildman–Crippen MR) is 124 cm³/mol. The van der Waals surface area contributed by atoms with Crippen LogP contribution >= 0.6 is 7.75 Å². The average molecular weight is 528 g/mol. The van der Waals surface area contributed by atoms with E-state index in [-0.39, 0.29) is 5.75 Å². The summed E-state index contributed by atoms with van der Waals surface area (Å²) in [5.74, 6) is -1.68. The lowest BCUT2D eigenvalue weighted by atomic mass is 9.97.